The van der Waals surface area contributed by atoms with Crippen LogP contribution in [0.4, 0.5) is 0 Å². The first-order chi connectivity index (χ1) is 16.5. The summed E-state index contributed by atoms with van der Waals surface area (Å²) in [5, 5.41) is 0.932. The number of pyridine rings is 1. The van der Waals surface area contributed by atoms with Crippen molar-refractivity contribution in [3.63, 3.8) is 0 Å². The average molecular weight is 466 g/mol. The number of ether oxygens (including phenoxy) is 2. The Kier molecular flexibility index (Phi) is 6.36. The first kappa shape index (κ1) is 22.9. The van der Waals surface area contributed by atoms with E-state index in [0.717, 1.165) is 40.8 Å². The number of ketones is 1. The number of benzene rings is 1. The van der Waals surface area contributed by atoms with Crippen molar-refractivity contribution in [2.24, 2.45) is 11.8 Å². The molecule has 8 nitrogen and oxygen atoms in total. The predicted molar refractivity (Wildman–Crippen MR) is 125 cm³/mol. The largest absolute Gasteiger partial charge is 0.460 e. The highest BCUT2D eigenvalue weighted by atomic mass is 16.5. The maximum atomic E-state index is 13.2. The van der Waals surface area contributed by atoms with Crippen molar-refractivity contribution < 1.29 is 23.9 Å². The number of esters is 1. The van der Waals surface area contributed by atoms with Crippen LogP contribution in [-0.4, -0.2) is 65.3 Å². The molecule has 1 aromatic heterocycles. The summed E-state index contributed by atoms with van der Waals surface area (Å²) in [5.74, 6) is -0.757. The van der Waals surface area contributed by atoms with E-state index >= 15 is 0 Å². The Bertz CT molecular complexity index is 1130. The second-order valence-electron chi connectivity index (χ2n) is 9.45. The Morgan fingerprint density at radius 2 is 1.97 bits per heavy atom. The molecule has 3 unspecified atom stereocenters. The average Bonchev–Trinajstić information content (AvgIpc) is 3.22. The Labute approximate surface area is 199 Å². The molecule has 0 bridgehead atoms. The molecule has 1 amide bonds. The van der Waals surface area contributed by atoms with Gasteiger partial charge in [-0.25, -0.2) is 0 Å². The van der Waals surface area contributed by atoms with Gasteiger partial charge in [0.15, 0.2) is 0 Å². The summed E-state index contributed by atoms with van der Waals surface area (Å²) in [7, 11) is 0. The first-order valence-corrected chi connectivity index (χ1v) is 12.2. The zero-order chi connectivity index (χ0) is 23.8. The van der Waals surface area contributed by atoms with Crippen LogP contribution in [0.15, 0.2) is 24.3 Å². The van der Waals surface area contributed by atoms with E-state index in [2.05, 4.69) is 0 Å². The second-order valence-corrected chi connectivity index (χ2v) is 9.45. The number of amides is 1. The summed E-state index contributed by atoms with van der Waals surface area (Å²) in [6.45, 7) is 7.21. The number of morpholine rings is 1. The number of Topliss-reactive ketones (excluding diaryl/α,β-unsaturated/α-hetero) is 1. The molecule has 4 heterocycles. The van der Waals surface area contributed by atoms with E-state index in [1.54, 1.807) is 0 Å². The number of para-hydroxylation sites is 1. The number of hydrogen-bond donors (Lipinski definition) is 0. The Balaban J connectivity index is 1.44. The predicted octanol–water partition coefficient (Wildman–Crippen LogP) is 2.63. The molecule has 1 aromatic carbocycles. The molecule has 3 aliphatic rings. The van der Waals surface area contributed by atoms with E-state index in [-0.39, 0.29) is 48.7 Å². The van der Waals surface area contributed by atoms with Gasteiger partial charge in [0.2, 0.25) is 5.91 Å². The zero-order valence-corrected chi connectivity index (χ0v) is 19.8. The highest BCUT2D eigenvalue weighted by molar-refractivity contribution is 5.91. The van der Waals surface area contributed by atoms with Crippen LogP contribution in [0.1, 0.15) is 49.6 Å². The summed E-state index contributed by atoms with van der Waals surface area (Å²) >= 11 is 0. The number of rotatable bonds is 6. The molecule has 8 heteroatoms. The molecule has 34 heavy (non-hydrogen) atoms. The van der Waals surface area contributed by atoms with Crippen molar-refractivity contribution >= 4 is 28.6 Å². The molecule has 5 rings (SSSR count). The normalized spacial score (nSPS) is 24.7. The molecule has 2 fully saturated rings. The number of aromatic nitrogens is 1. The standard InChI is InChI=1S/C26H31N3O5/c1-3-23(30)18-12-22-25-19(13-29(22)26(32)16(18)2)20(17-6-4-5-7-21(17)27-25)15-34-24(31)14-28-8-10-33-11-9-28/h4-7,16,18,22H,3,8-15H2,1-2H3. The number of carbonyl (C=O) groups is 3. The van der Waals surface area contributed by atoms with Crippen molar-refractivity contribution in [3.05, 3.63) is 41.1 Å². The fourth-order valence-corrected chi connectivity index (χ4v) is 5.55. The van der Waals surface area contributed by atoms with Crippen LogP contribution in [0.2, 0.25) is 0 Å². The topological polar surface area (TPSA) is 89.0 Å². The van der Waals surface area contributed by atoms with Crippen molar-refractivity contribution in [2.45, 2.75) is 45.9 Å². The van der Waals surface area contributed by atoms with Crippen LogP contribution >= 0.6 is 0 Å². The fraction of sp³-hybridized carbons (Fsp3) is 0.538. The zero-order valence-electron chi connectivity index (χ0n) is 19.8. The molecular weight excluding hydrogens is 434 g/mol. The van der Waals surface area contributed by atoms with Gasteiger partial charge >= 0.3 is 5.97 Å². The van der Waals surface area contributed by atoms with Crippen LogP contribution < -0.4 is 0 Å². The van der Waals surface area contributed by atoms with E-state index in [0.29, 0.717) is 32.6 Å². The van der Waals surface area contributed by atoms with Crippen LogP contribution in [0, 0.1) is 11.8 Å². The number of fused-ring (bicyclic) bond motifs is 4. The lowest BCUT2D eigenvalue weighted by Crippen LogP contribution is -2.45. The van der Waals surface area contributed by atoms with Gasteiger partial charge in [-0.15, -0.1) is 0 Å². The molecular formula is C26H31N3O5. The summed E-state index contributed by atoms with van der Waals surface area (Å²) < 4.78 is 11.1. The highest BCUT2D eigenvalue weighted by Gasteiger charge is 2.47. The summed E-state index contributed by atoms with van der Waals surface area (Å²) in [6, 6.07) is 7.59. The summed E-state index contributed by atoms with van der Waals surface area (Å²) in [4.78, 5) is 47.2. The Morgan fingerprint density at radius 1 is 1.21 bits per heavy atom. The summed E-state index contributed by atoms with van der Waals surface area (Å²) in [5.41, 5.74) is 3.51. The Morgan fingerprint density at radius 3 is 2.74 bits per heavy atom. The van der Waals surface area contributed by atoms with Crippen LogP contribution in [0.25, 0.3) is 10.9 Å². The second kappa shape index (κ2) is 9.43. The minimum Gasteiger partial charge on any atom is -0.460 e. The highest BCUT2D eigenvalue weighted by Crippen LogP contribution is 2.46. The molecule has 0 N–H and O–H groups in total. The summed E-state index contributed by atoms with van der Waals surface area (Å²) in [6.07, 6.45) is 1.02. The minimum absolute atomic E-state index is 0.000341. The third-order valence-electron chi connectivity index (χ3n) is 7.51. The van der Waals surface area contributed by atoms with Gasteiger partial charge in [0.1, 0.15) is 12.4 Å². The van der Waals surface area contributed by atoms with Gasteiger partial charge in [-0.3, -0.25) is 24.3 Å². The van der Waals surface area contributed by atoms with Gasteiger partial charge in [0.25, 0.3) is 0 Å². The quantitative estimate of drug-likeness (QED) is 0.606. The number of carbonyl (C=O) groups excluding carboxylic acids is 3. The molecule has 0 spiro atoms. The number of hydrogen-bond acceptors (Lipinski definition) is 7. The van der Waals surface area contributed by atoms with Gasteiger partial charge in [0, 0.05) is 54.4 Å². The lowest BCUT2D eigenvalue weighted by molar-refractivity contribution is -0.149. The van der Waals surface area contributed by atoms with E-state index in [9.17, 15) is 14.4 Å². The molecule has 2 aromatic rings. The van der Waals surface area contributed by atoms with E-state index in [1.807, 2.05) is 47.9 Å². The molecule has 180 valence electrons. The van der Waals surface area contributed by atoms with E-state index in [1.165, 1.54) is 0 Å². The van der Waals surface area contributed by atoms with Crippen molar-refractivity contribution in [3.8, 4) is 0 Å². The van der Waals surface area contributed by atoms with Gasteiger partial charge in [-0.05, 0) is 12.5 Å². The molecule has 3 aliphatic heterocycles. The monoisotopic (exact) mass is 465 g/mol. The van der Waals surface area contributed by atoms with Crippen LogP contribution in [-0.2, 0) is 37.0 Å². The Hall–Kier alpha value is -2.84. The van der Waals surface area contributed by atoms with Crippen LogP contribution in [0.5, 0.6) is 0 Å². The maximum Gasteiger partial charge on any atom is 0.320 e. The number of piperidine rings is 1. The van der Waals surface area contributed by atoms with Gasteiger partial charge in [0.05, 0.1) is 37.0 Å². The molecule has 0 radical (unpaired) electrons. The lowest BCUT2D eigenvalue weighted by Gasteiger charge is -2.38. The lowest BCUT2D eigenvalue weighted by atomic mass is 9.79. The smallest absolute Gasteiger partial charge is 0.320 e. The fourth-order valence-electron chi connectivity index (χ4n) is 5.55. The molecule has 0 aliphatic carbocycles. The number of nitrogens with zero attached hydrogens (tertiary/aromatic N) is 3. The van der Waals surface area contributed by atoms with Crippen LogP contribution in [0.3, 0.4) is 0 Å². The molecule has 0 saturated carbocycles. The van der Waals surface area contributed by atoms with Gasteiger partial charge < -0.3 is 14.4 Å². The van der Waals surface area contributed by atoms with E-state index < -0.39 is 0 Å². The SMILES string of the molecule is CCC(=O)C1CC2c3nc4ccccc4c(COC(=O)CN4CCOCC4)c3CN2C(=O)C1C. The third kappa shape index (κ3) is 4.09. The minimum atomic E-state index is -0.331. The van der Waals surface area contributed by atoms with Crippen molar-refractivity contribution in [2.75, 3.05) is 32.8 Å². The maximum absolute atomic E-state index is 13.2. The van der Waals surface area contributed by atoms with Crippen molar-refractivity contribution in [1.29, 1.82) is 0 Å². The third-order valence-corrected chi connectivity index (χ3v) is 7.51. The van der Waals surface area contributed by atoms with Gasteiger partial charge in [-0.1, -0.05) is 32.0 Å². The first-order valence-electron chi connectivity index (χ1n) is 12.2. The van der Waals surface area contributed by atoms with Crippen molar-refractivity contribution in [1.82, 2.24) is 14.8 Å². The van der Waals surface area contributed by atoms with E-state index in [4.69, 9.17) is 14.5 Å². The molecule has 3 atom stereocenters. The van der Waals surface area contributed by atoms with Gasteiger partial charge in [-0.2, -0.15) is 0 Å². The molecule has 2 saturated heterocycles.